The predicted octanol–water partition coefficient (Wildman–Crippen LogP) is 2.24. The number of nitrogens with one attached hydrogen (secondary N) is 2. The predicted molar refractivity (Wildman–Crippen MR) is 103 cm³/mol. The van der Waals surface area contributed by atoms with Crippen molar-refractivity contribution in [1.29, 1.82) is 0 Å². The molecule has 1 amide bonds. The average Bonchev–Trinajstić information content (AvgIpc) is 2.98. The molecule has 6 heteroatoms. The monoisotopic (exact) mass is 358 g/mol. The first-order valence-electron chi connectivity index (χ1n) is 9.51. The van der Waals surface area contributed by atoms with E-state index in [1.165, 1.54) is 12.8 Å². The van der Waals surface area contributed by atoms with Crippen molar-refractivity contribution in [3.63, 3.8) is 0 Å². The zero-order chi connectivity index (χ0) is 18.7. The third-order valence-electron chi connectivity index (χ3n) is 5.18. The Kier molecular flexibility index (Phi) is 5.63. The van der Waals surface area contributed by atoms with E-state index in [0.29, 0.717) is 24.4 Å². The zero-order valence-electron chi connectivity index (χ0n) is 16.0. The third-order valence-corrected chi connectivity index (χ3v) is 5.18. The fourth-order valence-electron chi connectivity index (χ4n) is 3.53. The van der Waals surface area contributed by atoms with Gasteiger partial charge in [0.05, 0.1) is 11.1 Å². The Balaban J connectivity index is 1.72. The van der Waals surface area contributed by atoms with Gasteiger partial charge in [0.25, 0.3) is 5.91 Å². The number of piperidine rings is 1. The fraction of sp³-hybridized carbons (Fsp3) is 0.600. The van der Waals surface area contributed by atoms with Gasteiger partial charge in [-0.25, -0.2) is 0 Å². The molecule has 1 aliphatic rings. The van der Waals surface area contributed by atoms with Crippen molar-refractivity contribution < 1.29 is 9.90 Å². The quantitative estimate of drug-likeness (QED) is 0.740. The Bertz CT molecular complexity index is 770. The summed E-state index contributed by atoms with van der Waals surface area (Å²) in [6.07, 6.45) is 4.96. The molecule has 0 atom stereocenters. The molecule has 1 aromatic heterocycles. The van der Waals surface area contributed by atoms with Crippen LogP contribution in [0.4, 0.5) is 0 Å². The first-order chi connectivity index (χ1) is 12.3. The molecule has 0 bridgehead atoms. The van der Waals surface area contributed by atoms with Gasteiger partial charge in [0.1, 0.15) is 0 Å². The van der Waals surface area contributed by atoms with Gasteiger partial charge >= 0.3 is 0 Å². The van der Waals surface area contributed by atoms with Crippen LogP contribution >= 0.6 is 0 Å². The van der Waals surface area contributed by atoms with Gasteiger partial charge in [-0.05, 0) is 76.7 Å². The molecule has 142 valence electrons. The Hall–Kier alpha value is -1.92. The van der Waals surface area contributed by atoms with Gasteiger partial charge in [-0.15, -0.1) is 0 Å². The maximum absolute atomic E-state index is 12.5. The van der Waals surface area contributed by atoms with E-state index in [1.807, 2.05) is 23.7 Å². The molecule has 1 aromatic carbocycles. The lowest BCUT2D eigenvalue weighted by Crippen LogP contribution is -2.31. The van der Waals surface area contributed by atoms with Crippen molar-refractivity contribution in [1.82, 2.24) is 20.4 Å². The summed E-state index contributed by atoms with van der Waals surface area (Å²) < 4.78 is 2.03. The largest absolute Gasteiger partial charge is 0.390 e. The van der Waals surface area contributed by atoms with E-state index < -0.39 is 5.60 Å². The van der Waals surface area contributed by atoms with Crippen LogP contribution in [-0.2, 0) is 6.54 Å². The smallest absolute Gasteiger partial charge is 0.251 e. The number of rotatable bonds is 6. The molecular weight excluding hydrogens is 328 g/mol. The normalized spacial score (nSPS) is 16.2. The standard InChI is InChI=1S/C20H30N4O2/c1-14-16(19(25)22-11-8-20(2,3)26)4-5-18-17(14)13-24(23-18)12-15-6-9-21-10-7-15/h4-5,13,15,21,26H,6-12H2,1-3H3,(H,22,25). The van der Waals surface area contributed by atoms with Crippen molar-refractivity contribution in [2.45, 2.75) is 52.2 Å². The molecule has 6 nitrogen and oxygen atoms in total. The average molecular weight is 358 g/mol. The van der Waals surface area contributed by atoms with E-state index in [0.717, 1.165) is 36.1 Å². The summed E-state index contributed by atoms with van der Waals surface area (Å²) in [4.78, 5) is 12.5. The summed E-state index contributed by atoms with van der Waals surface area (Å²) in [7, 11) is 0. The Morgan fingerprint density at radius 2 is 2.12 bits per heavy atom. The molecule has 2 aromatic rings. The lowest BCUT2D eigenvalue weighted by atomic mass is 9.98. The van der Waals surface area contributed by atoms with Gasteiger partial charge in [-0.1, -0.05) is 0 Å². The van der Waals surface area contributed by atoms with Gasteiger partial charge in [0, 0.05) is 30.2 Å². The number of hydrogen-bond donors (Lipinski definition) is 3. The van der Waals surface area contributed by atoms with E-state index in [4.69, 9.17) is 5.10 Å². The van der Waals surface area contributed by atoms with Gasteiger partial charge in [0.15, 0.2) is 0 Å². The molecule has 0 spiro atoms. The summed E-state index contributed by atoms with van der Waals surface area (Å²) in [6.45, 7) is 9.01. The maximum atomic E-state index is 12.5. The Morgan fingerprint density at radius 1 is 1.38 bits per heavy atom. The molecule has 3 N–H and O–H groups in total. The summed E-state index contributed by atoms with van der Waals surface area (Å²) in [5, 5.41) is 21.8. The van der Waals surface area contributed by atoms with Crippen molar-refractivity contribution >= 4 is 16.8 Å². The van der Waals surface area contributed by atoms with Gasteiger partial charge < -0.3 is 15.7 Å². The summed E-state index contributed by atoms with van der Waals surface area (Å²) in [5.41, 5.74) is 1.79. The molecule has 2 heterocycles. The third kappa shape index (κ3) is 4.62. The number of nitrogens with zero attached hydrogens (tertiary/aromatic N) is 2. The van der Waals surface area contributed by atoms with Crippen LogP contribution in [-0.4, -0.2) is 46.0 Å². The molecule has 0 aliphatic carbocycles. The highest BCUT2D eigenvalue weighted by atomic mass is 16.3. The molecule has 26 heavy (non-hydrogen) atoms. The minimum absolute atomic E-state index is 0.0974. The van der Waals surface area contributed by atoms with Gasteiger partial charge in [-0.2, -0.15) is 5.10 Å². The highest BCUT2D eigenvalue weighted by Crippen LogP contribution is 2.23. The number of carbonyl (C=O) groups is 1. The summed E-state index contributed by atoms with van der Waals surface area (Å²) >= 11 is 0. The number of amides is 1. The lowest BCUT2D eigenvalue weighted by molar-refractivity contribution is 0.0693. The second kappa shape index (κ2) is 7.76. The molecule has 1 aliphatic heterocycles. The number of aryl methyl sites for hydroxylation is 1. The van der Waals surface area contributed by atoms with Crippen LogP contribution in [0.15, 0.2) is 18.3 Å². The lowest BCUT2D eigenvalue weighted by Gasteiger charge is -2.22. The molecule has 3 rings (SSSR count). The van der Waals surface area contributed by atoms with Gasteiger partial charge in [0.2, 0.25) is 0 Å². The second-order valence-corrected chi connectivity index (χ2v) is 8.03. The van der Waals surface area contributed by atoms with Crippen LogP contribution in [0.1, 0.15) is 49.0 Å². The Labute approximate surface area is 155 Å². The minimum Gasteiger partial charge on any atom is -0.390 e. The first kappa shape index (κ1) is 18.9. The molecule has 0 radical (unpaired) electrons. The highest BCUT2D eigenvalue weighted by Gasteiger charge is 2.18. The minimum atomic E-state index is -0.776. The number of benzene rings is 1. The number of hydrogen-bond acceptors (Lipinski definition) is 4. The van der Waals surface area contributed by atoms with E-state index in [1.54, 1.807) is 13.8 Å². The molecule has 1 saturated heterocycles. The van der Waals surface area contributed by atoms with Crippen LogP contribution in [0.3, 0.4) is 0 Å². The van der Waals surface area contributed by atoms with E-state index in [9.17, 15) is 9.90 Å². The van der Waals surface area contributed by atoms with Gasteiger partial charge in [-0.3, -0.25) is 9.48 Å². The molecule has 0 saturated carbocycles. The van der Waals surface area contributed by atoms with E-state index >= 15 is 0 Å². The summed E-state index contributed by atoms with van der Waals surface area (Å²) in [6, 6.07) is 3.77. The van der Waals surface area contributed by atoms with Crippen molar-refractivity contribution in [2.75, 3.05) is 19.6 Å². The fourth-order valence-corrected chi connectivity index (χ4v) is 3.53. The van der Waals surface area contributed by atoms with Crippen LogP contribution in [0.5, 0.6) is 0 Å². The van der Waals surface area contributed by atoms with Crippen LogP contribution < -0.4 is 10.6 Å². The van der Waals surface area contributed by atoms with E-state index in [-0.39, 0.29) is 5.91 Å². The van der Waals surface area contributed by atoms with Crippen LogP contribution in [0.25, 0.3) is 10.9 Å². The number of carbonyl (C=O) groups excluding carboxylic acids is 1. The van der Waals surface area contributed by atoms with Crippen molar-refractivity contribution in [3.05, 3.63) is 29.5 Å². The molecule has 0 unspecified atom stereocenters. The Morgan fingerprint density at radius 3 is 2.81 bits per heavy atom. The number of aromatic nitrogens is 2. The molecular formula is C20H30N4O2. The first-order valence-corrected chi connectivity index (χ1v) is 9.51. The highest BCUT2D eigenvalue weighted by molar-refractivity contribution is 6.00. The van der Waals surface area contributed by atoms with Crippen LogP contribution in [0.2, 0.25) is 0 Å². The molecule has 1 fully saturated rings. The number of aliphatic hydroxyl groups is 1. The second-order valence-electron chi connectivity index (χ2n) is 8.03. The van der Waals surface area contributed by atoms with E-state index in [2.05, 4.69) is 16.8 Å². The van der Waals surface area contributed by atoms with Crippen LogP contribution in [0, 0.1) is 12.8 Å². The SMILES string of the molecule is Cc1c(C(=O)NCCC(C)(C)O)ccc2nn(CC3CCNCC3)cc12. The number of fused-ring (bicyclic) bond motifs is 1. The zero-order valence-corrected chi connectivity index (χ0v) is 16.0. The van der Waals surface area contributed by atoms with Crippen molar-refractivity contribution in [3.8, 4) is 0 Å². The maximum Gasteiger partial charge on any atom is 0.251 e. The summed E-state index contributed by atoms with van der Waals surface area (Å²) in [5.74, 6) is 0.565. The topological polar surface area (TPSA) is 79.2 Å². The van der Waals surface area contributed by atoms with Crippen molar-refractivity contribution in [2.24, 2.45) is 5.92 Å².